The summed E-state index contributed by atoms with van der Waals surface area (Å²) < 4.78 is 0. The van der Waals surface area contributed by atoms with Crippen molar-refractivity contribution in [2.24, 2.45) is 11.1 Å². The van der Waals surface area contributed by atoms with E-state index in [2.05, 4.69) is 55.7 Å². The van der Waals surface area contributed by atoms with E-state index < -0.39 is 6.04 Å². The van der Waals surface area contributed by atoms with Crippen LogP contribution in [0, 0.1) is 5.41 Å². The van der Waals surface area contributed by atoms with Crippen LogP contribution >= 0.6 is 12.2 Å². The lowest BCUT2D eigenvalue weighted by Crippen LogP contribution is -2.59. The number of hydrogen-bond acceptors (Lipinski definition) is 3. The molecule has 0 unspecified atom stereocenters. The molecule has 6 heteroatoms. The van der Waals surface area contributed by atoms with E-state index in [-0.39, 0.29) is 29.4 Å². The third-order valence-electron chi connectivity index (χ3n) is 6.49. The summed E-state index contributed by atoms with van der Waals surface area (Å²) in [5, 5.41) is 7.21. The normalized spacial score (nSPS) is 19.6. The number of amides is 1. The molecular weight excluding hydrogens is 428 g/mol. The summed E-state index contributed by atoms with van der Waals surface area (Å²) in [6.45, 7) is 6.18. The molecule has 0 bridgehead atoms. The van der Waals surface area contributed by atoms with E-state index in [1.807, 2.05) is 48.3 Å². The Bertz CT molecular complexity index is 873. The molecule has 0 aliphatic heterocycles. The first kappa shape index (κ1) is 25.2. The molecule has 0 heterocycles. The van der Waals surface area contributed by atoms with Crippen molar-refractivity contribution in [1.29, 1.82) is 0 Å². The highest BCUT2D eigenvalue weighted by molar-refractivity contribution is 7.80. The molecule has 4 N–H and O–H groups in total. The lowest BCUT2D eigenvalue weighted by molar-refractivity contribution is -0.135. The fraction of sp³-hybridized carbons (Fsp3) is 0.481. The zero-order chi connectivity index (χ0) is 24.0. The lowest BCUT2D eigenvalue weighted by Gasteiger charge is -2.38. The van der Waals surface area contributed by atoms with Crippen LogP contribution in [0.3, 0.4) is 0 Å². The predicted octanol–water partition coefficient (Wildman–Crippen LogP) is 4.38. The van der Waals surface area contributed by atoms with Gasteiger partial charge in [0.15, 0.2) is 5.11 Å². The molecule has 1 aliphatic carbocycles. The van der Waals surface area contributed by atoms with Gasteiger partial charge in [0.1, 0.15) is 6.04 Å². The molecule has 0 spiro atoms. The Hall–Kier alpha value is -2.44. The molecule has 3 rings (SSSR count). The molecule has 1 aliphatic rings. The van der Waals surface area contributed by atoms with Gasteiger partial charge in [0.25, 0.3) is 0 Å². The van der Waals surface area contributed by atoms with Crippen molar-refractivity contribution in [3.8, 4) is 0 Å². The summed E-state index contributed by atoms with van der Waals surface area (Å²) in [5.41, 5.74) is 8.09. The quantitative estimate of drug-likeness (QED) is 0.551. The van der Waals surface area contributed by atoms with Crippen molar-refractivity contribution in [2.75, 3.05) is 7.05 Å². The second-order valence-electron chi connectivity index (χ2n) is 10.1. The third-order valence-corrected chi connectivity index (χ3v) is 6.73. The number of nitrogens with one attached hydrogen (secondary N) is 2. The number of nitrogens with two attached hydrogens (primary N) is 1. The summed E-state index contributed by atoms with van der Waals surface area (Å²) >= 11 is 5.64. The van der Waals surface area contributed by atoms with Gasteiger partial charge in [-0.3, -0.25) is 4.79 Å². The molecule has 2 aromatic rings. The highest BCUT2D eigenvalue weighted by Crippen LogP contribution is 2.30. The van der Waals surface area contributed by atoms with Gasteiger partial charge in [-0.05, 0) is 41.6 Å². The van der Waals surface area contributed by atoms with Crippen LogP contribution in [0.15, 0.2) is 60.7 Å². The summed E-state index contributed by atoms with van der Waals surface area (Å²) in [5.74, 6) is -0.00250. The second-order valence-corrected chi connectivity index (χ2v) is 10.6. The Morgan fingerprint density at radius 1 is 1.00 bits per heavy atom. The Labute approximate surface area is 204 Å². The minimum atomic E-state index is -0.489. The van der Waals surface area contributed by atoms with Crippen LogP contribution in [0.25, 0.3) is 0 Å². The van der Waals surface area contributed by atoms with E-state index in [0.717, 1.165) is 36.8 Å². The maximum Gasteiger partial charge on any atom is 0.246 e. The number of rotatable bonds is 6. The number of thiocarbonyl (C=S) groups is 1. The lowest BCUT2D eigenvalue weighted by atomic mass is 9.85. The first-order chi connectivity index (χ1) is 15.7. The third kappa shape index (κ3) is 6.55. The van der Waals surface area contributed by atoms with Gasteiger partial charge in [0.2, 0.25) is 5.91 Å². The first-order valence-corrected chi connectivity index (χ1v) is 12.3. The Kier molecular flexibility index (Phi) is 8.49. The minimum absolute atomic E-state index is 0.00250. The molecule has 1 amide bonds. The number of carbonyl (C=O) groups is 1. The van der Waals surface area contributed by atoms with Crippen LogP contribution in [-0.2, 0) is 4.79 Å². The first-order valence-electron chi connectivity index (χ1n) is 11.9. The van der Waals surface area contributed by atoms with Gasteiger partial charge in [0.05, 0.1) is 6.04 Å². The molecule has 3 atom stereocenters. The molecule has 178 valence electrons. The van der Waals surface area contributed by atoms with Crippen LogP contribution in [0.5, 0.6) is 0 Å². The van der Waals surface area contributed by atoms with Crippen LogP contribution in [0.1, 0.15) is 63.6 Å². The molecule has 5 nitrogen and oxygen atoms in total. The van der Waals surface area contributed by atoms with Crippen molar-refractivity contribution < 1.29 is 4.79 Å². The largest absolute Gasteiger partial charge is 0.358 e. The maximum atomic E-state index is 13.9. The van der Waals surface area contributed by atoms with E-state index in [0.29, 0.717) is 5.11 Å². The number of likely N-dealkylation sites (N-methyl/N-ethyl adjacent to an activating group) is 1. The Morgan fingerprint density at radius 2 is 1.52 bits per heavy atom. The molecular formula is C27H38N4OS. The van der Waals surface area contributed by atoms with E-state index >= 15 is 0 Å². The molecule has 2 aromatic carbocycles. The molecule has 1 saturated carbocycles. The number of nitrogens with zero attached hydrogens (tertiary/aromatic N) is 1. The zero-order valence-electron chi connectivity index (χ0n) is 20.3. The fourth-order valence-corrected chi connectivity index (χ4v) is 4.84. The van der Waals surface area contributed by atoms with Gasteiger partial charge in [-0.15, -0.1) is 0 Å². The van der Waals surface area contributed by atoms with Crippen molar-refractivity contribution in [1.82, 2.24) is 15.5 Å². The highest BCUT2D eigenvalue weighted by Gasteiger charge is 2.37. The number of carbonyl (C=O) groups excluding carboxylic acids is 1. The molecule has 0 radical (unpaired) electrons. The van der Waals surface area contributed by atoms with Crippen molar-refractivity contribution in [2.45, 2.75) is 70.6 Å². The maximum absolute atomic E-state index is 13.9. The number of benzene rings is 2. The SMILES string of the molecule is CN(C(=O)[C@@H](NC(=S)N[C@@H]1CCCC[C@H]1N)C(C)(C)C)C(c1ccccc1)c1ccccc1. The standard InChI is InChI=1S/C27H38N4OS/c1-27(2,3)24(30-26(33)29-22-18-12-11-17-21(22)28)25(32)31(4)23(19-13-7-5-8-14-19)20-15-9-6-10-16-20/h5-10,13-16,21-24H,11-12,17-18,28H2,1-4H3,(H2,29,30,33)/t21-,22-,24-/m1/s1. The van der Waals surface area contributed by atoms with E-state index in [1.165, 1.54) is 0 Å². The molecule has 1 fully saturated rings. The van der Waals surface area contributed by atoms with Gasteiger partial charge < -0.3 is 21.3 Å². The second kappa shape index (κ2) is 11.1. The van der Waals surface area contributed by atoms with Crippen molar-refractivity contribution >= 4 is 23.2 Å². The summed E-state index contributed by atoms with van der Waals surface area (Å²) in [6, 6.07) is 19.8. The average Bonchev–Trinajstić information content (AvgIpc) is 2.79. The summed E-state index contributed by atoms with van der Waals surface area (Å²) in [6.07, 6.45) is 4.31. The number of hydrogen-bond donors (Lipinski definition) is 3. The van der Waals surface area contributed by atoms with Gasteiger partial charge in [-0.25, -0.2) is 0 Å². The predicted molar refractivity (Wildman–Crippen MR) is 140 cm³/mol. The van der Waals surface area contributed by atoms with Crippen LogP contribution in [0.2, 0.25) is 0 Å². The van der Waals surface area contributed by atoms with E-state index in [1.54, 1.807) is 0 Å². The van der Waals surface area contributed by atoms with Gasteiger partial charge in [-0.2, -0.15) is 0 Å². The Balaban J connectivity index is 1.83. The van der Waals surface area contributed by atoms with E-state index in [4.69, 9.17) is 18.0 Å². The Morgan fingerprint density at radius 3 is 2.00 bits per heavy atom. The summed E-state index contributed by atoms with van der Waals surface area (Å²) in [4.78, 5) is 15.8. The smallest absolute Gasteiger partial charge is 0.246 e. The van der Waals surface area contributed by atoms with Crippen LogP contribution in [-0.4, -0.2) is 41.1 Å². The van der Waals surface area contributed by atoms with Gasteiger partial charge in [0, 0.05) is 19.1 Å². The van der Waals surface area contributed by atoms with Crippen LogP contribution in [0.4, 0.5) is 0 Å². The molecule has 0 saturated heterocycles. The molecule has 0 aromatic heterocycles. The topological polar surface area (TPSA) is 70.4 Å². The van der Waals surface area contributed by atoms with E-state index in [9.17, 15) is 4.79 Å². The van der Waals surface area contributed by atoms with Crippen molar-refractivity contribution in [3.63, 3.8) is 0 Å². The van der Waals surface area contributed by atoms with Gasteiger partial charge >= 0.3 is 0 Å². The minimum Gasteiger partial charge on any atom is -0.358 e. The van der Waals surface area contributed by atoms with Crippen molar-refractivity contribution in [3.05, 3.63) is 71.8 Å². The summed E-state index contributed by atoms with van der Waals surface area (Å²) in [7, 11) is 1.88. The molecule has 33 heavy (non-hydrogen) atoms. The zero-order valence-corrected chi connectivity index (χ0v) is 21.1. The van der Waals surface area contributed by atoms with Crippen LogP contribution < -0.4 is 16.4 Å². The average molecular weight is 467 g/mol. The monoisotopic (exact) mass is 466 g/mol. The fourth-order valence-electron chi connectivity index (χ4n) is 4.57. The highest BCUT2D eigenvalue weighted by atomic mass is 32.1. The van der Waals surface area contributed by atoms with Gasteiger partial charge in [-0.1, -0.05) is 94.3 Å².